The van der Waals surface area contributed by atoms with E-state index in [0.29, 0.717) is 18.1 Å². The first-order valence-corrected chi connectivity index (χ1v) is 7.38. The Morgan fingerprint density at radius 3 is 2.28 bits per heavy atom. The minimum Gasteiger partial charge on any atom is -0.315 e. The molecule has 0 atom stereocenters. The van der Waals surface area contributed by atoms with Crippen molar-refractivity contribution >= 4 is 34.0 Å². The van der Waals surface area contributed by atoms with Gasteiger partial charge in [-0.05, 0) is 37.2 Å². The van der Waals surface area contributed by atoms with E-state index in [1.54, 1.807) is 12.1 Å². The second-order valence-electron chi connectivity index (χ2n) is 3.60. The van der Waals surface area contributed by atoms with Gasteiger partial charge in [0.15, 0.2) is 0 Å². The molecule has 1 aromatic carbocycles. The Morgan fingerprint density at radius 1 is 1.11 bits per heavy atom. The van der Waals surface area contributed by atoms with E-state index in [2.05, 4.69) is 17.0 Å². The summed E-state index contributed by atoms with van der Waals surface area (Å²) in [6, 6.07) is 6.10. The highest BCUT2D eigenvalue weighted by Gasteiger charge is 2.12. The molecule has 0 radical (unpaired) electrons. The molecule has 0 saturated heterocycles. The van der Waals surface area contributed by atoms with Gasteiger partial charge >= 0.3 is 0 Å². The lowest BCUT2D eigenvalue weighted by atomic mass is 10.4. The molecule has 0 bridgehead atoms. The first-order chi connectivity index (χ1) is 8.06. The fourth-order valence-electron chi connectivity index (χ4n) is 1.27. The van der Waals surface area contributed by atoms with E-state index >= 15 is 0 Å². The Morgan fingerprint density at radius 2 is 1.72 bits per heavy atom. The van der Waals surface area contributed by atoms with Crippen molar-refractivity contribution in [3.63, 3.8) is 0 Å². The zero-order chi connectivity index (χ0) is 12.7. The molecule has 1 aromatic rings. The van der Waals surface area contributed by atoms with E-state index in [0.717, 1.165) is 13.0 Å². The lowest BCUT2D eigenvalue weighted by molar-refractivity contribution is 0.575. The molecule has 0 aliphatic heterocycles. The average Bonchev–Trinajstić information content (AvgIpc) is 2.29. The van der Waals surface area contributed by atoms with Crippen molar-refractivity contribution in [2.45, 2.75) is 18.2 Å². The highest BCUT2D eigenvalue weighted by Crippen LogP contribution is 2.13. The number of hydrogen-bond acceptors (Lipinski definition) is 3. The number of sulfonamides is 1. The molecule has 0 aliphatic rings. The third-order valence-corrected chi connectivity index (χ3v) is 3.87. The number of benzene rings is 1. The third kappa shape index (κ3) is 6.02. The van der Waals surface area contributed by atoms with Gasteiger partial charge in [-0.1, -0.05) is 18.5 Å². The van der Waals surface area contributed by atoms with Crippen LogP contribution in [0.1, 0.15) is 13.3 Å². The van der Waals surface area contributed by atoms with Crippen LogP contribution in [0.4, 0.5) is 0 Å². The maximum absolute atomic E-state index is 11.8. The van der Waals surface area contributed by atoms with E-state index < -0.39 is 10.0 Å². The monoisotopic (exact) mass is 312 g/mol. The Labute approximate surface area is 120 Å². The van der Waals surface area contributed by atoms with Crippen LogP contribution in [-0.2, 0) is 10.0 Å². The van der Waals surface area contributed by atoms with Crippen LogP contribution >= 0.6 is 24.0 Å². The van der Waals surface area contributed by atoms with Crippen LogP contribution in [0, 0.1) is 0 Å². The van der Waals surface area contributed by atoms with Gasteiger partial charge in [-0.15, -0.1) is 12.4 Å². The van der Waals surface area contributed by atoms with Crippen LogP contribution in [0.2, 0.25) is 5.02 Å². The van der Waals surface area contributed by atoms with E-state index in [-0.39, 0.29) is 17.3 Å². The SMILES string of the molecule is CCCNCCNS(=O)(=O)c1ccc(Cl)cc1.Cl. The summed E-state index contributed by atoms with van der Waals surface area (Å²) in [5, 5.41) is 3.64. The minimum atomic E-state index is -3.41. The fourth-order valence-corrected chi connectivity index (χ4v) is 2.43. The van der Waals surface area contributed by atoms with Crippen molar-refractivity contribution in [1.82, 2.24) is 10.0 Å². The molecule has 0 spiro atoms. The normalized spacial score (nSPS) is 11.0. The topological polar surface area (TPSA) is 58.2 Å². The number of hydrogen-bond donors (Lipinski definition) is 2. The summed E-state index contributed by atoms with van der Waals surface area (Å²) < 4.78 is 26.1. The van der Waals surface area contributed by atoms with Gasteiger partial charge < -0.3 is 5.32 Å². The Hall–Kier alpha value is -0.330. The summed E-state index contributed by atoms with van der Waals surface area (Å²) in [7, 11) is -3.41. The molecule has 0 unspecified atom stereocenters. The highest BCUT2D eigenvalue weighted by molar-refractivity contribution is 7.89. The minimum absolute atomic E-state index is 0. The van der Waals surface area contributed by atoms with Crippen LogP contribution in [-0.4, -0.2) is 28.1 Å². The van der Waals surface area contributed by atoms with Crippen LogP contribution < -0.4 is 10.0 Å². The smallest absolute Gasteiger partial charge is 0.240 e. The van der Waals surface area contributed by atoms with Crippen molar-refractivity contribution in [1.29, 1.82) is 0 Å². The Bertz CT molecular complexity index is 435. The molecule has 7 heteroatoms. The molecule has 0 heterocycles. The highest BCUT2D eigenvalue weighted by atomic mass is 35.5. The molecule has 0 aliphatic carbocycles. The molecule has 0 amide bonds. The van der Waals surface area contributed by atoms with Gasteiger partial charge in [0.25, 0.3) is 0 Å². The van der Waals surface area contributed by atoms with Gasteiger partial charge in [-0.3, -0.25) is 0 Å². The molecule has 1 rings (SSSR count). The van der Waals surface area contributed by atoms with Crippen LogP contribution in [0.5, 0.6) is 0 Å². The molecule has 2 N–H and O–H groups in total. The molecular formula is C11H18Cl2N2O2S. The fraction of sp³-hybridized carbons (Fsp3) is 0.455. The molecule has 18 heavy (non-hydrogen) atoms. The molecule has 104 valence electrons. The first-order valence-electron chi connectivity index (χ1n) is 5.52. The summed E-state index contributed by atoms with van der Waals surface area (Å²) in [5.74, 6) is 0. The Balaban J connectivity index is 0.00000289. The van der Waals surface area contributed by atoms with Gasteiger partial charge in [0.05, 0.1) is 4.90 Å². The van der Waals surface area contributed by atoms with E-state index in [9.17, 15) is 8.42 Å². The van der Waals surface area contributed by atoms with Crippen molar-refractivity contribution in [3.05, 3.63) is 29.3 Å². The van der Waals surface area contributed by atoms with Gasteiger partial charge in [-0.2, -0.15) is 0 Å². The zero-order valence-corrected chi connectivity index (χ0v) is 12.5. The second kappa shape index (κ2) is 8.72. The third-order valence-electron chi connectivity index (χ3n) is 2.14. The predicted molar refractivity (Wildman–Crippen MR) is 77.0 cm³/mol. The van der Waals surface area contributed by atoms with E-state index in [1.165, 1.54) is 12.1 Å². The number of nitrogens with one attached hydrogen (secondary N) is 2. The van der Waals surface area contributed by atoms with E-state index in [4.69, 9.17) is 11.6 Å². The predicted octanol–water partition coefficient (Wildman–Crippen LogP) is 2.04. The van der Waals surface area contributed by atoms with Gasteiger partial charge in [0.2, 0.25) is 10.0 Å². The van der Waals surface area contributed by atoms with Crippen molar-refractivity contribution in [3.8, 4) is 0 Å². The summed E-state index contributed by atoms with van der Waals surface area (Å²) >= 11 is 5.70. The van der Waals surface area contributed by atoms with Crippen molar-refractivity contribution in [2.75, 3.05) is 19.6 Å². The molecule has 0 saturated carbocycles. The lowest BCUT2D eigenvalue weighted by Crippen LogP contribution is -2.32. The van der Waals surface area contributed by atoms with E-state index in [1.807, 2.05) is 0 Å². The summed E-state index contributed by atoms with van der Waals surface area (Å²) in [5.41, 5.74) is 0. The summed E-state index contributed by atoms with van der Waals surface area (Å²) in [6.07, 6.45) is 1.03. The van der Waals surface area contributed by atoms with Gasteiger partial charge in [-0.25, -0.2) is 13.1 Å². The van der Waals surface area contributed by atoms with Gasteiger partial charge in [0.1, 0.15) is 0 Å². The zero-order valence-electron chi connectivity index (χ0n) is 10.1. The molecular weight excluding hydrogens is 295 g/mol. The van der Waals surface area contributed by atoms with Gasteiger partial charge in [0, 0.05) is 18.1 Å². The average molecular weight is 313 g/mol. The van der Waals surface area contributed by atoms with Crippen LogP contribution in [0.25, 0.3) is 0 Å². The van der Waals surface area contributed by atoms with Crippen molar-refractivity contribution < 1.29 is 8.42 Å². The Kier molecular flexibility index (Phi) is 8.56. The van der Waals surface area contributed by atoms with Crippen molar-refractivity contribution in [2.24, 2.45) is 0 Å². The van der Waals surface area contributed by atoms with Crippen LogP contribution in [0.3, 0.4) is 0 Å². The molecule has 4 nitrogen and oxygen atoms in total. The number of rotatable bonds is 7. The standard InChI is InChI=1S/C11H17ClN2O2S.ClH/c1-2-7-13-8-9-14-17(15,16)11-5-3-10(12)4-6-11;/h3-6,13-14H,2,7-9H2,1H3;1H. The summed E-state index contributed by atoms with van der Waals surface area (Å²) in [6.45, 7) is 3.96. The maximum atomic E-state index is 11.8. The van der Waals surface area contributed by atoms with Crippen LogP contribution in [0.15, 0.2) is 29.2 Å². The lowest BCUT2D eigenvalue weighted by Gasteiger charge is -2.07. The largest absolute Gasteiger partial charge is 0.315 e. The summed E-state index contributed by atoms with van der Waals surface area (Å²) in [4.78, 5) is 0.234. The molecule has 0 fully saturated rings. The first kappa shape index (κ1) is 17.7. The quantitative estimate of drug-likeness (QED) is 0.758. The number of halogens is 2. The second-order valence-corrected chi connectivity index (χ2v) is 5.81. The maximum Gasteiger partial charge on any atom is 0.240 e. The molecule has 0 aromatic heterocycles.